The third-order valence-electron chi connectivity index (χ3n) is 6.88. The first-order chi connectivity index (χ1) is 16.5. The van der Waals surface area contributed by atoms with Crippen LogP contribution in [0.1, 0.15) is 53.7 Å². The molecule has 0 aliphatic carbocycles. The first-order valence-corrected chi connectivity index (χ1v) is 11.6. The molecule has 34 heavy (non-hydrogen) atoms. The van der Waals surface area contributed by atoms with Gasteiger partial charge in [-0.05, 0) is 36.6 Å². The minimum Gasteiger partial charge on any atom is -0.345 e. The van der Waals surface area contributed by atoms with Crippen molar-refractivity contribution in [3.8, 4) is 0 Å². The van der Waals surface area contributed by atoms with Crippen molar-refractivity contribution in [3.05, 3.63) is 102 Å². The van der Waals surface area contributed by atoms with Crippen LogP contribution in [0, 0.1) is 0 Å². The Balaban J connectivity index is 1.36. The summed E-state index contributed by atoms with van der Waals surface area (Å²) >= 11 is 0. The van der Waals surface area contributed by atoms with Crippen molar-refractivity contribution in [2.75, 3.05) is 11.4 Å². The molecule has 2 aliphatic heterocycles. The first kappa shape index (κ1) is 21.9. The van der Waals surface area contributed by atoms with Crippen LogP contribution in [0.5, 0.6) is 0 Å². The van der Waals surface area contributed by atoms with Crippen molar-refractivity contribution in [1.29, 1.82) is 0 Å². The summed E-state index contributed by atoms with van der Waals surface area (Å²) in [5, 5.41) is 3.15. The number of rotatable bonds is 6. The van der Waals surface area contributed by atoms with Gasteiger partial charge in [-0.3, -0.25) is 19.3 Å². The van der Waals surface area contributed by atoms with Gasteiger partial charge in [0.1, 0.15) is 5.66 Å². The van der Waals surface area contributed by atoms with Crippen LogP contribution >= 0.6 is 0 Å². The molecular weight excluding hydrogens is 426 g/mol. The van der Waals surface area contributed by atoms with E-state index in [0.29, 0.717) is 24.1 Å². The fourth-order valence-corrected chi connectivity index (χ4v) is 5.14. The number of amides is 3. The highest BCUT2D eigenvalue weighted by atomic mass is 16.2. The van der Waals surface area contributed by atoms with Crippen molar-refractivity contribution < 1.29 is 14.4 Å². The molecule has 0 aromatic heterocycles. The van der Waals surface area contributed by atoms with Crippen LogP contribution in [0.15, 0.2) is 84.9 Å². The molecular formula is C28H27N3O3. The Morgan fingerprint density at radius 1 is 0.912 bits per heavy atom. The fourth-order valence-electron chi connectivity index (χ4n) is 5.14. The van der Waals surface area contributed by atoms with Gasteiger partial charge >= 0.3 is 0 Å². The predicted molar refractivity (Wildman–Crippen MR) is 130 cm³/mol. The van der Waals surface area contributed by atoms with E-state index in [2.05, 4.69) is 5.32 Å². The molecule has 2 heterocycles. The second kappa shape index (κ2) is 8.78. The smallest absolute Gasteiger partial charge is 0.257 e. The second-order valence-corrected chi connectivity index (χ2v) is 8.99. The number of carbonyl (C=O) groups is 3. The van der Waals surface area contributed by atoms with Crippen molar-refractivity contribution in [3.63, 3.8) is 0 Å². The lowest BCUT2D eigenvalue weighted by molar-refractivity contribution is -0.122. The number of carbonyl (C=O) groups excluding carboxylic acids is 3. The van der Waals surface area contributed by atoms with E-state index in [1.807, 2.05) is 79.7 Å². The summed E-state index contributed by atoms with van der Waals surface area (Å²) in [4.78, 5) is 42.7. The molecule has 172 valence electrons. The van der Waals surface area contributed by atoms with Gasteiger partial charge in [0.2, 0.25) is 11.8 Å². The maximum Gasteiger partial charge on any atom is 0.257 e. The SMILES string of the molecule is C[C@]12CCC(=O)N1c1ccccc1C(=O)N2CCC(=O)NC(c1ccccc1)c1ccccc1. The average Bonchev–Trinajstić information content (AvgIpc) is 3.18. The molecule has 0 unspecified atom stereocenters. The van der Waals surface area contributed by atoms with Crippen LogP contribution in [0.2, 0.25) is 0 Å². The summed E-state index contributed by atoms with van der Waals surface area (Å²) in [5.74, 6) is -0.284. The van der Waals surface area contributed by atoms with E-state index in [4.69, 9.17) is 0 Å². The molecule has 0 radical (unpaired) electrons. The topological polar surface area (TPSA) is 69.7 Å². The maximum absolute atomic E-state index is 13.4. The molecule has 6 nitrogen and oxygen atoms in total. The van der Waals surface area contributed by atoms with Gasteiger partial charge in [-0.15, -0.1) is 0 Å². The van der Waals surface area contributed by atoms with Gasteiger partial charge in [-0.25, -0.2) is 0 Å². The van der Waals surface area contributed by atoms with Crippen molar-refractivity contribution in [2.45, 2.75) is 37.9 Å². The molecule has 5 rings (SSSR count). The minimum atomic E-state index is -0.763. The first-order valence-electron chi connectivity index (χ1n) is 11.6. The molecule has 6 heteroatoms. The van der Waals surface area contributed by atoms with Crippen LogP contribution in [0.3, 0.4) is 0 Å². The van der Waals surface area contributed by atoms with E-state index in [-0.39, 0.29) is 36.7 Å². The van der Waals surface area contributed by atoms with Gasteiger partial charge in [0.05, 0.1) is 17.3 Å². The largest absolute Gasteiger partial charge is 0.345 e. The molecule has 0 bridgehead atoms. The minimum absolute atomic E-state index is 0.00474. The van der Waals surface area contributed by atoms with Gasteiger partial charge < -0.3 is 10.2 Å². The van der Waals surface area contributed by atoms with Crippen LogP contribution in [-0.4, -0.2) is 34.8 Å². The predicted octanol–water partition coefficient (Wildman–Crippen LogP) is 4.28. The lowest BCUT2D eigenvalue weighted by Crippen LogP contribution is -2.62. The Kier molecular flexibility index (Phi) is 5.65. The number of nitrogens with zero attached hydrogens (tertiary/aromatic N) is 2. The standard InChI is InChI=1S/C28H27N3O3/c1-28-18-16-25(33)31(28)23-15-9-8-14-22(23)27(34)30(28)19-17-24(32)29-26(20-10-4-2-5-11-20)21-12-6-3-7-13-21/h2-15,26H,16-19H2,1H3,(H,29,32)/t28-/m1/s1. The number of anilines is 1. The van der Waals surface area contributed by atoms with Gasteiger partial charge in [0.15, 0.2) is 0 Å². The highest BCUT2D eigenvalue weighted by Crippen LogP contribution is 2.44. The van der Waals surface area contributed by atoms with E-state index in [0.717, 1.165) is 11.1 Å². The Labute approximate surface area is 199 Å². The lowest BCUT2D eigenvalue weighted by Gasteiger charge is -2.48. The monoisotopic (exact) mass is 453 g/mol. The van der Waals surface area contributed by atoms with Gasteiger partial charge in [-0.2, -0.15) is 0 Å². The van der Waals surface area contributed by atoms with Crippen molar-refractivity contribution in [2.24, 2.45) is 0 Å². The van der Waals surface area contributed by atoms with Gasteiger partial charge in [-0.1, -0.05) is 72.8 Å². The fraction of sp³-hybridized carbons (Fsp3) is 0.250. The van der Waals surface area contributed by atoms with Gasteiger partial charge in [0.25, 0.3) is 5.91 Å². The van der Waals surface area contributed by atoms with Crippen molar-refractivity contribution in [1.82, 2.24) is 10.2 Å². The Bertz CT molecular complexity index is 1190. The highest BCUT2D eigenvalue weighted by molar-refractivity contribution is 6.10. The van der Waals surface area contributed by atoms with Crippen LogP contribution in [0.4, 0.5) is 5.69 Å². The molecule has 3 aromatic rings. The van der Waals surface area contributed by atoms with Gasteiger partial charge in [0, 0.05) is 19.4 Å². The molecule has 1 atom stereocenters. The Morgan fingerprint density at radius 2 is 1.50 bits per heavy atom. The molecule has 3 amide bonds. The van der Waals surface area contributed by atoms with Crippen molar-refractivity contribution >= 4 is 23.4 Å². The average molecular weight is 454 g/mol. The van der Waals surface area contributed by atoms with E-state index >= 15 is 0 Å². The summed E-state index contributed by atoms with van der Waals surface area (Å²) in [7, 11) is 0. The summed E-state index contributed by atoms with van der Waals surface area (Å²) in [6.07, 6.45) is 1.07. The van der Waals surface area contributed by atoms with E-state index in [1.165, 1.54) is 0 Å². The zero-order valence-corrected chi connectivity index (χ0v) is 19.1. The Hall–Kier alpha value is -3.93. The summed E-state index contributed by atoms with van der Waals surface area (Å²) < 4.78 is 0. The zero-order chi connectivity index (χ0) is 23.7. The quantitative estimate of drug-likeness (QED) is 0.606. The number of fused-ring (bicyclic) bond motifs is 3. The summed E-state index contributed by atoms with van der Waals surface area (Å²) in [6.45, 7) is 2.15. The molecule has 1 saturated heterocycles. The van der Waals surface area contributed by atoms with E-state index < -0.39 is 5.66 Å². The third-order valence-corrected chi connectivity index (χ3v) is 6.88. The number of hydrogen-bond acceptors (Lipinski definition) is 3. The third kappa shape index (κ3) is 3.75. The summed E-state index contributed by atoms with van der Waals surface area (Å²) in [5.41, 5.74) is 2.38. The molecule has 3 aromatic carbocycles. The zero-order valence-electron chi connectivity index (χ0n) is 19.1. The molecule has 1 N–H and O–H groups in total. The highest BCUT2D eigenvalue weighted by Gasteiger charge is 2.52. The molecule has 1 fully saturated rings. The number of para-hydroxylation sites is 1. The van der Waals surface area contributed by atoms with Crippen LogP contribution < -0.4 is 10.2 Å². The van der Waals surface area contributed by atoms with Crippen LogP contribution in [0.25, 0.3) is 0 Å². The number of nitrogens with one attached hydrogen (secondary N) is 1. The number of benzene rings is 3. The molecule has 0 saturated carbocycles. The molecule has 0 spiro atoms. The normalized spacial score (nSPS) is 19.2. The number of hydrogen-bond donors (Lipinski definition) is 1. The van der Waals surface area contributed by atoms with E-state index in [1.54, 1.807) is 21.9 Å². The van der Waals surface area contributed by atoms with E-state index in [9.17, 15) is 14.4 Å². The maximum atomic E-state index is 13.4. The molecule has 2 aliphatic rings. The Morgan fingerprint density at radius 3 is 2.15 bits per heavy atom. The van der Waals surface area contributed by atoms with Crippen LogP contribution in [-0.2, 0) is 9.59 Å². The second-order valence-electron chi connectivity index (χ2n) is 8.99. The summed E-state index contributed by atoms with van der Waals surface area (Å²) in [6, 6.07) is 26.6. The lowest BCUT2D eigenvalue weighted by atomic mass is 9.97.